The van der Waals surface area contributed by atoms with Crippen molar-refractivity contribution in [1.82, 2.24) is 25.2 Å². The Morgan fingerprint density at radius 1 is 1.23 bits per heavy atom. The Bertz CT molecular complexity index is 1270. The van der Waals surface area contributed by atoms with Crippen LogP contribution in [0.15, 0.2) is 46.3 Å². The minimum atomic E-state index is -0.137. The van der Waals surface area contributed by atoms with E-state index in [0.717, 1.165) is 47.1 Å². The highest BCUT2D eigenvalue weighted by Crippen LogP contribution is 2.32. The van der Waals surface area contributed by atoms with Gasteiger partial charge in [0.25, 0.3) is 5.91 Å². The van der Waals surface area contributed by atoms with Crippen LogP contribution in [0.2, 0.25) is 4.34 Å². The molecule has 35 heavy (non-hydrogen) atoms. The molecular weight excluding hydrogens is 502 g/mol. The lowest BCUT2D eigenvalue weighted by atomic mass is 9.96. The van der Waals surface area contributed by atoms with Crippen molar-refractivity contribution in [2.75, 3.05) is 19.6 Å². The van der Waals surface area contributed by atoms with Gasteiger partial charge < -0.3 is 14.7 Å². The highest BCUT2D eigenvalue weighted by atomic mass is 35.5. The summed E-state index contributed by atoms with van der Waals surface area (Å²) in [5.41, 5.74) is 2.04. The van der Waals surface area contributed by atoms with Gasteiger partial charge in [0.2, 0.25) is 0 Å². The summed E-state index contributed by atoms with van der Waals surface area (Å²) in [4.78, 5) is 17.5. The topological polar surface area (TPSA) is 76.2 Å². The second kappa shape index (κ2) is 10.7. The molecule has 7 nitrogen and oxygen atoms in total. The summed E-state index contributed by atoms with van der Waals surface area (Å²) in [6.07, 6.45) is 2.22. The summed E-state index contributed by atoms with van der Waals surface area (Å²) in [5.74, 6) is 1.04. The van der Waals surface area contributed by atoms with Gasteiger partial charge in [-0.1, -0.05) is 22.8 Å². The summed E-state index contributed by atoms with van der Waals surface area (Å²) < 4.78 is 8.05. The van der Waals surface area contributed by atoms with Crippen LogP contribution in [0.5, 0.6) is 0 Å². The lowest BCUT2D eigenvalue weighted by Crippen LogP contribution is -2.41. The van der Waals surface area contributed by atoms with Crippen LogP contribution in [-0.4, -0.2) is 51.4 Å². The Morgan fingerprint density at radius 3 is 2.74 bits per heavy atom. The fourth-order valence-corrected chi connectivity index (χ4v) is 6.11. The third-order valence-corrected chi connectivity index (χ3v) is 8.54. The number of carbonyl (C=O) groups excluding carboxylic acids is 1. The van der Waals surface area contributed by atoms with Crippen molar-refractivity contribution >= 4 is 40.2 Å². The lowest BCUT2D eigenvalue weighted by molar-refractivity contribution is 0.0924. The predicted molar refractivity (Wildman–Crippen MR) is 141 cm³/mol. The van der Waals surface area contributed by atoms with E-state index in [-0.39, 0.29) is 5.91 Å². The summed E-state index contributed by atoms with van der Waals surface area (Å²) >= 11 is 9.11. The molecule has 4 aromatic heterocycles. The van der Waals surface area contributed by atoms with E-state index < -0.39 is 0 Å². The summed E-state index contributed by atoms with van der Waals surface area (Å²) in [7, 11) is 0. The number of piperidine rings is 1. The molecule has 0 aliphatic carbocycles. The molecule has 0 spiro atoms. The van der Waals surface area contributed by atoms with Gasteiger partial charge in [-0.3, -0.25) is 9.48 Å². The number of likely N-dealkylation sites (tertiary alicyclic amines) is 1. The molecule has 5 rings (SSSR count). The fraction of sp³-hybridized carbons (Fsp3) is 0.400. The molecular formula is C25H28ClN5O2S2. The van der Waals surface area contributed by atoms with E-state index in [0.29, 0.717) is 40.8 Å². The summed E-state index contributed by atoms with van der Waals surface area (Å²) in [6.45, 7) is 7.74. The number of hydrogen-bond donors (Lipinski definition) is 1. The maximum Gasteiger partial charge on any atom is 0.271 e. The Kier molecular flexibility index (Phi) is 7.38. The Balaban J connectivity index is 1.28. The second-order valence-corrected chi connectivity index (χ2v) is 11.8. The fourth-order valence-electron chi connectivity index (χ4n) is 4.37. The molecule has 0 aromatic carbocycles. The van der Waals surface area contributed by atoms with Crippen LogP contribution in [0.3, 0.4) is 0 Å². The number of nitrogens with zero attached hydrogens (tertiary/aromatic N) is 4. The molecule has 1 amide bonds. The Morgan fingerprint density at radius 2 is 2.06 bits per heavy atom. The van der Waals surface area contributed by atoms with Gasteiger partial charge in [-0.15, -0.1) is 22.7 Å². The molecule has 1 N–H and O–H groups in total. The lowest BCUT2D eigenvalue weighted by Gasteiger charge is -2.34. The van der Waals surface area contributed by atoms with Crippen LogP contribution in [-0.2, 0) is 6.54 Å². The number of aromatic nitrogens is 3. The van der Waals surface area contributed by atoms with Gasteiger partial charge >= 0.3 is 0 Å². The molecule has 0 radical (unpaired) electrons. The standard InChI is InChI=1S/C25H28ClN5O2S2/c1-16(2)30-9-7-17(8-10-30)14-27-25(32)19-13-20(22-4-3-11-34-22)31(28-19)15-18-12-21(33-29-18)23-5-6-24(26)35-23/h3-6,11-13,16-17H,7-10,14-15H2,1-2H3,(H,27,32). The number of thiophene rings is 2. The normalized spacial score (nSPS) is 15.2. The van der Waals surface area contributed by atoms with Crippen LogP contribution >= 0.6 is 34.3 Å². The zero-order valence-corrected chi connectivity index (χ0v) is 22.1. The number of halogens is 1. The largest absolute Gasteiger partial charge is 0.355 e. The van der Waals surface area contributed by atoms with Gasteiger partial charge in [-0.05, 0) is 75.3 Å². The van der Waals surface area contributed by atoms with Gasteiger partial charge in [0.15, 0.2) is 11.5 Å². The van der Waals surface area contributed by atoms with Gasteiger partial charge in [0.05, 0.1) is 26.3 Å². The van der Waals surface area contributed by atoms with Crippen molar-refractivity contribution < 1.29 is 9.32 Å². The zero-order valence-electron chi connectivity index (χ0n) is 19.7. The number of nitrogens with one attached hydrogen (secondary N) is 1. The number of amides is 1. The number of carbonyl (C=O) groups is 1. The molecule has 1 aliphatic heterocycles. The third kappa shape index (κ3) is 5.69. The molecule has 4 aromatic rings. The zero-order chi connectivity index (χ0) is 24.4. The minimum absolute atomic E-state index is 0.137. The van der Waals surface area contributed by atoms with Crippen LogP contribution in [0.25, 0.3) is 21.2 Å². The van der Waals surface area contributed by atoms with Crippen molar-refractivity contribution in [2.45, 2.75) is 39.3 Å². The van der Waals surface area contributed by atoms with E-state index in [4.69, 9.17) is 16.1 Å². The molecule has 10 heteroatoms. The van der Waals surface area contributed by atoms with E-state index in [1.165, 1.54) is 11.3 Å². The Hall–Kier alpha value is -2.46. The van der Waals surface area contributed by atoms with Crippen molar-refractivity contribution in [3.05, 3.63) is 57.5 Å². The van der Waals surface area contributed by atoms with Gasteiger partial charge in [0, 0.05) is 18.7 Å². The highest BCUT2D eigenvalue weighted by molar-refractivity contribution is 7.19. The first-order valence-corrected chi connectivity index (χ1v) is 13.9. The molecule has 0 saturated carbocycles. The molecule has 1 saturated heterocycles. The van der Waals surface area contributed by atoms with E-state index in [9.17, 15) is 4.79 Å². The average molecular weight is 530 g/mol. The van der Waals surface area contributed by atoms with E-state index >= 15 is 0 Å². The third-order valence-electron chi connectivity index (χ3n) is 6.40. The molecule has 1 fully saturated rings. The van der Waals surface area contributed by atoms with Crippen LogP contribution < -0.4 is 5.32 Å². The van der Waals surface area contributed by atoms with Gasteiger partial charge in [-0.2, -0.15) is 5.10 Å². The monoisotopic (exact) mass is 529 g/mol. The first kappa shape index (κ1) is 24.2. The molecule has 5 heterocycles. The summed E-state index contributed by atoms with van der Waals surface area (Å²) in [5, 5.41) is 14.0. The molecule has 0 atom stereocenters. The maximum absolute atomic E-state index is 13.0. The maximum atomic E-state index is 13.0. The number of hydrogen-bond acceptors (Lipinski definition) is 7. The average Bonchev–Trinajstić information content (AvgIpc) is 3.65. The Labute approximate surface area is 217 Å². The first-order chi connectivity index (χ1) is 17.0. The smallest absolute Gasteiger partial charge is 0.271 e. The first-order valence-electron chi connectivity index (χ1n) is 11.8. The van der Waals surface area contributed by atoms with Crippen LogP contribution in [0.4, 0.5) is 0 Å². The quantitative estimate of drug-likeness (QED) is 0.308. The van der Waals surface area contributed by atoms with E-state index in [1.807, 2.05) is 46.5 Å². The van der Waals surface area contributed by atoms with Crippen molar-refractivity contribution in [1.29, 1.82) is 0 Å². The van der Waals surface area contributed by atoms with Gasteiger partial charge in [-0.25, -0.2) is 0 Å². The second-order valence-electron chi connectivity index (χ2n) is 9.12. The highest BCUT2D eigenvalue weighted by Gasteiger charge is 2.23. The molecule has 0 bridgehead atoms. The summed E-state index contributed by atoms with van der Waals surface area (Å²) in [6, 6.07) is 12.1. The predicted octanol–water partition coefficient (Wildman–Crippen LogP) is 5.88. The SMILES string of the molecule is CC(C)N1CCC(CNC(=O)c2cc(-c3cccs3)n(Cc3cc(-c4ccc(Cl)s4)on3)n2)CC1. The van der Waals surface area contributed by atoms with Crippen molar-refractivity contribution in [3.63, 3.8) is 0 Å². The van der Waals surface area contributed by atoms with E-state index in [1.54, 1.807) is 11.3 Å². The van der Waals surface area contributed by atoms with Crippen molar-refractivity contribution in [2.24, 2.45) is 5.92 Å². The molecule has 1 aliphatic rings. The number of rotatable bonds is 8. The molecule has 184 valence electrons. The van der Waals surface area contributed by atoms with Crippen molar-refractivity contribution in [3.8, 4) is 21.2 Å². The van der Waals surface area contributed by atoms with Crippen LogP contribution in [0.1, 0.15) is 42.9 Å². The van der Waals surface area contributed by atoms with Crippen LogP contribution in [0, 0.1) is 5.92 Å². The van der Waals surface area contributed by atoms with Gasteiger partial charge in [0.1, 0.15) is 5.69 Å². The minimum Gasteiger partial charge on any atom is -0.355 e. The van der Waals surface area contributed by atoms with E-state index in [2.05, 4.69) is 34.3 Å². The molecule has 0 unspecified atom stereocenters.